The highest BCUT2D eigenvalue weighted by atomic mass is 16.6. The van der Waals surface area contributed by atoms with Crippen LogP contribution in [0.2, 0.25) is 0 Å². The molecule has 0 aromatic carbocycles. The van der Waals surface area contributed by atoms with Gasteiger partial charge in [-0.05, 0) is 23.3 Å². The normalized spacial score (nSPS) is 23.4. The van der Waals surface area contributed by atoms with Gasteiger partial charge in [-0.25, -0.2) is 0 Å². The summed E-state index contributed by atoms with van der Waals surface area (Å²) >= 11 is 0. The van der Waals surface area contributed by atoms with Crippen molar-refractivity contribution in [3.63, 3.8) is 0 Å². The molecular weight excluding hydrogens is 272 g/mol. The molecule has 2 fully saturated rings. The highest BCUT2D eigenvalue weighted by Crippen LogP contribution is 2.20. The Bertz CT molecular complexity index is 539. The molecule has 0 N–H and O–H groups in total. The molecule has 0 aliphatic carbocycles. The average Bonchev–Trinajstić information content (AvgIpc) is 3.36. The number of rotatable bonds is 8. The van der Waals surface area contributed by atoms with Crippen molar-refractivity contribution in [1.29, 1.82) is 0 Å². The number of ether oxygens (including phenoxy) is 3. The van der Waals surface area contributed by atoms with Crippen molar-refractivity contribution in [2.75, 3.05) is 13.2 Å². The molecule has 5 nitrogen and oxygen atoms in total. The maximum Gasteiger partial charge on any atom is 0.129 e. The van der Waals surface area contributed by atoms with E-state index < -0.39 is 0 Å². The predicted octanol–water partition coefficient (Wildman–Crippen LogP) is 2.47. The molecule has 2 aromatic heterocycles. The first-order chi connectivity index (χ1) is 10.3. The summed E-state index contributed by atoms with van der Waals surface area (Å²) in [7, 11) is 0. The van der Waals surface area contributed by atoms with E-state index in [1.807, 2.05) is 12.1 Å². The lowest BCUT2D eigenvalue weighted by atomic mass is 10.2. The van der Waals surface area contributed by atoms with Crippen molar-refractivity contribution < 1.29 is 23.0 Å². The fourth-order valence-electron chi connectivity index (χ4n) is 2.37. The Morgan fingerprint density at radius 2 is 1.33 bits per heavy atom. The zero-order valence-electron chi connectivity index (χ0n) is 11.7. The molecule has 4 rings (SSSR count). The Hall–Kier alpha value is -1.56. The smallest absolute Gasteiger partial charge is 0.129 e. The summed E-state index contributed by atoms with van der Waals surface area (Å²) in [6, 6.07) is 4.05. The van der Waals surface area contributed by atoms with Crippen LogP contribution in [-0.4, -0.2) is 25.4 Å². The van der Waals surface area contributed by atoms with Crippen molar-refractivity contribution in [1.82, 2.24) is 0 Å². The third kappa shape index (κ3) is 3.75. The van der Waals surface area contributed by atoms with E-state index in [0.29, 0.717) is 25.4 Å². The SMILES string of the molecule is c1oc(COCc2cc(CC3CO3)co2)cc1CC1CO1. The Balaban J connectivity index is 1.22. The van der Waals surface area contributed by atoms with Gasteiger partial charge in [-0.3, -0.25) is 0 Å². The maximum atomic E-state index is 5.62. The van der Waals surface area contributed by atoms with E-state index in [9.17, 15) is 0 Å². The molecular formula is C16H18O5. The van der Waals surface area contributed by atoms with Crippen LogP contribution in [0.15, 0.2) is 33.5 Å². The molecule has 2 saturated heterocycles. The zero-order valence-corrected chi connectivity index (χ0v) is 11.7. The Morgan fingerprint density at radius 3 is 1.76 bits per heavy atom. The van der Waals surface area contributed by atoms with Gasteiger partial charge in [0.2, 0.25) is 0 Å². The van der Waals surface area contributed by atoms with E-state index in [2.05, 4.69) is 0 Å². The van der Waals surface area contributed by atoms with E-state index >= 15 is 0 Å². The zero-order chi connectivity index (χ0) is 14.1. The van der Waals surface area contributed by atoms with Gasteiger partial charge < -0.3 is 23.0 Å². The highest BCUT2D eigenvalue weighted by molar-refractivity contribution is 5.15. The minimum Gasteiger partial charge on any atom is -0.467 e. The van der Waals surface area contributed by atoms with Gasteiger partial charge in [-0.1, -0.05) is 0 Å². The summed E-state index contributed by atoms with van der Waals surface area (Å²) in [6.45, 7) is 2.63. The molecule has 112 valence electrons. The molecule has 21 heavy (non-hydrogen) atoms. The van der Waals surface area contributed by atoms with Gasteiger partial charge in [-0.15, -0.1) is 0 Å². The van der Waals surface area contributed by atoms with Crippen LogP contribution in [0, 0.1) is 0 Å². The topological polar surface area (TPSA) is 60.6 Å². The molecule has 0 amide bonds. The molecule has 2 aliphatic rings. The maximum absolute atomic E-state index is 5.62. The number of hydrogen-bond acceptors (Lipinski definition) is 5. The van der Waals surface area contributed by atoms with Gasteiger partial charge in [0.05, 0.1) is 37.9 Å². The van der Waals surface area contributed by atoms with Crippen LogP contribution >= 0.6 is 0 Å². The van der Waals surface area contributed by atoms with Crippen LogP contribution < -0.4 is 0 Å². The number of hydrogen-bond donors (Lipinski definition) is 0. The quantitative estimate of drug-likeness (QED) is 0.699. The summed E-state index contributed by atoms with van der Waals surface area (Å²) in [4.78, 5) is 0. The summed E-state index contributed by atoms with van der Waals surface area (Å²) in [5.74, 6) is 1.67. The largest absolute Gasteiger partial charge is 0.467 e. The molecule has 4 heterocycles. The lowest BCUT2D eigenvalue weighted by molar-refractivity contribution is 0.0803. The molecule has 5 heteroatoms. The first-order valence-electron chi connectivity index (χ1n) is 7.29. The van der Waals surface area contributed by atoms with Gasteiger partial charge in [0.15, 0.2) is 0 Å². The van der Waals surface area contributed by atoms with Crippen LogP contribution in [0.4, 0.5) is 0 Å². The fourth-order valence-corrected chi connectivity index (χ4v) is 2.37. The lowest BCUT2D eigenvalue weighted by Gasteiger charge is -1.98. The van der Waals surface area contributed by atoms with Gasteiger partial charge in [0.25, 0.3) is 0 Å². The third-order valence-corrected chi connectivity index (χ3v) is 3.64. The highest BCUT2D eigenvalue weighted by Gasteiger charge is 2.24. The molecule has 2 unspecified atom stereocenters. The van der Waals surface area contributed by atoms with Gasteiger partial charge in [-0.2, -0.15) is 0 Å². The summed E-state index contributed by atoms with van der Waals surface area (Å²) in [5, 5.41) is 0. The first kappa shape index (κ1) is 13.1. The van der Waals surface area contributed by atoms with Gasteiger partial charge in [0, 0.05) is 12.8 Å². The molecule has 2 atom stereocenters. The van der Waals surface area contributed by atoms with Crippen molar-refractivity contribution in [3.05, 3.63) is 47.3 Å². The number of furan rings is 2. The average molecular weight is 290 g/mol. The fraction of sp³-hybridized carbons (Fsp3) is 0.500. The van der Waals surface area contributed by atoms with Crippen molar-refractivity contribution in [3.8, 4) is 0 Å². The molecule has 0 bridgehead atoms. The lowest BCUT2D eigenvalue weighted by Crippen LogP contribution is -1.93. The van der Waals surface area contributed by atoms with Crippen molar-refractivity contribution >= 4 is 0 Å². The molecule has 0 saturated carbocycles. The van der Waals surface area contributed by atoms with Crippen LogP contribution in [0.5, 0.6) is 0 Å². The van der Waals surface area contributed by atoms with E-state index in [4.69, 9.17) is 23.0 Å². The van der Waals surface area contributed by atoms with Gasteiger partial charge >= 0.3 is 0 Å². The second-order valence-electron chi connectivity index (χ2n) is 5.65. The van der Waals surface area contributed by atoms with E-state index in [1.165, 1.54) is 11.1 Å². The molecule has 2 aromatic rings. The van der Waals surface area contributed by atoms with Crippen LogP contribution in [0.1, 0.15) is 22.6 Å². The monoisotopic (exact) mass is 290 g/mol. The van der Waals surface area contributed by atoms with E-state index in [-0.39, 0.29) is 0 Å². The number of epoxide rings is 2. The van der Waals surface area contributed by atoms with Crippen LogP contribution in [0.3, 0.4) is 0 Å². The Kier molecular flexibility index (Phi) is 3.55. The summed E-state index contributed by atoms with van der Waals surface area (Å²) in [5.41, 5.74) is 2.33. The molecule has 0 radical (unpaired) electrons. The standard InChI is InChI=1S/C16H18O5/c1-11(3-15-9-20-15)5-18-13(1)7-17-8-14-2-12(6-19-14)4-16-10-21-16/h1-2,5-6,15-16H,3-4,7-10H2. The molecule has 0 spiro atoms. The van der Waals surface area contributed by atoms with Crippen molar-refractivity contribution in [2.45, 2.75) is 38.3 Å². The van der Waals surface area contributed by atoms with Crippen molar-refractivity contribution in [2.24, 2.45) is 0 Å². The Morgan fingerprint density at radius 1 is 0.857 bits per heavy atom. The van der Waals surface area contributed by atoms with E-state index in [1.54, 1.807) is 12.5 Å². The van der Waals surface area contributed by atoms with Crippen LogP contribution in [0.25, 0.3) is 0 Å². The summed E-state index contributed by atoms with van der Waals surface area (Å²) in [6.07, 6.45) is 6.17. The Labute approximate surface area is 122 Å². The summed E-state index contributed by atoms with van der Waals surface area (Å²) < 4.78 is 27.0. The second kappa shape index (κ2) is 5.67. The van der Waals surface area contributed by atoms with Crippen LogP contribution in [-0.2, 0) is 40.3 Å². The molecule has 2 aliphatic heterocycles. The minimum atomic E-state index is 0.383. The van der Waals surface area contributed by atoms with Gasteiger partial charge in [0.1, 0.15) is 24.7 Å². The third-order valence-electron chi connectivity index (χ3n) is 3.64. The predicted molar refractivity (Wildman–Crippen MR) is 72.8 cm³/mol. The van der Waals surface area contributed by atoms with E-state index in [0.717, 1.165) is 37.6 Å². The second-order valence-corrected chi connectivity index (χ2v) is 5.65. The first-order valence-corrected chi connectivity index (χ1v) is 7.29. The minimum absolute atomic E-state index is 0.383.